The van der Waals surface area contributed by atoms with E-state index in [0.717, 1.165) is 25.1 Å². The molecule has 0 aliphatic rings. The maximum absolute atomic E-state index is 10.0. The Kier molecular flexibility index (Phi) is 14.9. The fraction of sp³-hybridized carbons (Fsp3) is 0.611. The number of aldehydes is 1. The Labute approximate surface area is 140 Å². The van der Waals surface area contributed by atoms with Gasteiger partial charge >= 0.3 is 0 Å². The van der Waals surface area contributed by atoms with Crippen LogP contribution >= 0.6 is 0 Å². The number of hydrogen-bond acceptors (Lipinski definition) is 5. The smallest absolute Gasteiger partial charge is 0.156 e. The largest absolute Gasteiger partial charge is 0.368 e. The van der Waals surface area contributed by atoms with E-state index >= 15 is 0 Å². The first-order valence-electron chi connectivity index (χ1n) is 7.78. The number of rotatable bonds is 5. The van der Waals surface area contributed by atoms with E-state index in [1.54, 1.807) is 32.9 Å². The molecule has 0 saturated heterocycles. The lowest BCUT2D eigenvalue weighted by molar-refractivity contribution is -0.123. The van der Waals surface area contributed by atoms with Gasteiger partial charge in [0.05, 0.1) is 0 Å². The monoisotopic (exact) mass is 328 g/mol. The van der Waals surface area contributed by atoms with Crippen LogP contribution in [0.1, 0.15) is 51.9 Å². The normalized spacial score (nSPS) is 10.5. The highest BCUT2D eigenvalue weighted by molar-refractivity contribution is 5.74. The molecule has 134 valence electrons. The van der Waals surface area contributed by atoms with Crippen molar-refractivity contribution in [3.05, 3.63) is 35.9 Å². The molecule has 5 heteroatoms. The Morgan fingerprint density at radius 3 is 1.65 bits per heavy atom. The third-order valence-electron chi connectivity index (χ3n) is 2.51. The second-order valence-corrected chi connectivity index (χ2v) is 5.75. The van der Waals surface area contributed by atoms with Gasteiger partial charge < -0.3 is 19.7 Å². The predicted octanol–water partition coefficient (Wildman–Crippen LogP) is 3.25. The minimum Gasteiger partial charge on any atom is -0.368 e. The lowest BCUT2D eigenvalue weighted by Gasteiger charge is -2.19. The van der Waals surface area contributed by atoms with Crippen LogP contribution in [-0.2, 0) is 9.47 Å². The number of carbonyl (C=O) groups is 1. The summed E-state index contributed by atoms with van der Waals surface area (Å²) >= 11 is 0. The van der Waals surface area contributed by atoms with Crippen LogP contribution in [-0.4, -0.2) is 42.3 Å². The molecule has 0 spiro atoms. The van der Waals surface area contributed by atoms with Crippen LogP contribution in [0.3, 0.4) is 0 Å². The summed E-state index contributed by atoms with van der Waals surface area (Å²) in [7, 11) is 0. The maximum Gasteiger partial charge on any atom is 0.156 e. The molecule has 1 aromatic rings. The Morgan fingerprint density at radius 2 is 1.43 bits per heavy atom. The summed E-state index contributed by atoms with van der Waals surface area (Å²) < 4.78 is 10.1. The van der Waals surface area contributed by atoms with Crippen LogP contribution in [0, 0.1) is 5.41 Å². The Balaban J connectivity index is 0. The molecule has 23 heavy (non-hydrogen) atoms. The van der Waals surface area contributed by atoms with Crippen LogP contribution in [0.5, 0.6) is 0 Å². The lowest BCUT2D eigenvalue weighted by Crippen LogP contribution is -2.24. The first kappa shape index (κ1) is 24.0. The SMILES string of the molecule is CC(C)(C)C(O)O.CCOC(C)OCC.O=Cc1ccccc1. The zero-order chi connectivity index (χ0) is 18.3. The lowest BCUT2D eigenvalue weighted by atomic mass is 9.96. The summed E-state index contributed by atoms with van der Waals surface area (Å²) in [6.07, 6.45) is -0.405. The molecule has 0 heterocycles. The summed E-state index contributed by atoms with van der Waals surface area (Å²) in [6, 6.07) is 9.10. The van der Waals surface area contributed by atoms with Crippen molar-refractivity contribution < 1.29 is 24.5 Å². The average molecular weight is 328 g/mol. The fourth-order valence-electron chi connectivity index (χ4n) is 1.05. The van der Waals surface area contributed by atoms with Gasteiger partial charge in [-0.25, -0.2) is 0 Å². The van der Waals surface area contributed by atoms with Crippen molar-refractivity contribution in [3.63, 3.8) is 0 Å². The molecule has 0 atom stereocenters. The molecule has 0 saturated carbocycles. The van der Waals surface area contributed by atoms with E-state index in [-0.39, 0.29) is 11.7 Å². The number of carbonyl (C=O) groups excluding carboxylic acids is 1. The Morgan fingerprint density at radius 1 is 1.04 bits per heavy atom. The Hall–Kier alpha value is -1.27. The van der Waals surface area contributed by atoms with Crippen LogP contribution in [0.2, 0.25) is 0 Å². The molecule has 1 rings (SSSR count). The predicted molar refractivity (Wildman–Crippen MR) is 92.2 cm³/mol. The summed E-state index contributed by atoms with van der Waals surface area (Å²) in [5, 5.41) is 16.9. The zero-order valence-electron chi connectivity index (χ0n) is 15.2. The molecule has 0 amide bonds. The van der Waals surface area contributed by atoms with Gasteiger partial charge in [0.1, 0.15) is 6.29 Å². The molecule has 0 fully saturated rings. The van der Waals surface area contributed by atoms with E-state index in [4.69, 9.17) is 19.7 Å². The van der Waals surface area contributed by atoms with Crippen molar-refractivity contribution in [3.8, 4) is 0 Å². The maximum atomic E-state index is 10.0. The molecule has 1 aromatic carbocycles. The van der Waals surface area contributed by atoms with E-state index in [9.17, 15) is 4.79 Å². The van der Waals surface area contributed by atoms with Gasteiger partial charge in [-0.05, 0) is 20.8 Å². The summed E-state index contributed by atoms with van der Waals surface area (Å²) in [5.74, 6) is 0. The van der Waals surface area contributed by atoms with E-state index in [1.165, 1.54) is 0 Å². The molecule has 5 nitrogen and oxygen atoms in total. The first-order valence-corrected chi connectivity index (χ1v) is 7.78. The summed E-state index contributed by atoms with van der Waals surface area (Å²) in [4.78, 5) is 10.0. The van der Waals surface area contributed by atoms with Crippen molar-refractivity contribution in [2.24, 2.45) is 5.41 Å². The van der Waals surface area contributed by atoms with Gasteiger partial charge in [0, 0.05) is 24.2 Å². The van der Waals surface area contributed by atoms with Gasteiger partial charge in [0.25, 0.3) is 0 Å². The summed E-state index contributed by atoms with van der Waals surface area (Å²) in [5.41, 5.74) is 0.340. The van der Waals surface area contributed by atoms with Gasteiger partial charge in [-0.1, -0.05) is 51.1 Å². The van der Waals surface area contributed by atoms with Crippen molar-refractivity contribution in [1.82, 2.24) is 0 Å². The van der Waals surface area contributed by atoms with Crippen molar-refractivity contribution in [2.45, 2.75) is 54.1 Å². The number of aliphatic hydroxyl groups excluding tert-OH is 1. The van der Waals surface area contributed by atoms with Gasteiger partial charge in [0.2, 0.25) is 0 Å². The van der Waals surface area contributed by atoms with Gasteiger partial charge in [0.15, 0.2) is 12.6 Å². The highest BCUT2D eigenvalue weighted by atomic mass is 16.7. The van der Waals surface area contributed by atoms with Gasteiger partial charge in [-0.3, -0.25) is 4.79 Å². The van der Waals surface area contributed by atoms with Gasteiger partial charge in [-0.2, -0.15) is 0 Å². The van der Waals surface area contributed by atoms with E-state index in [0.29, 0.717) is 0 Å². The molecule has 0 aromatic heterocycles. The molecular formula is C18H32O5. The fourth-order valence-corrected chi connectivity index (χ4v) is 1.05. The third-order valence-corrected chi connectivity index (χ3v) is 2.51. The second-order valence-electron chi connectivity index (χ2n) is 5.75. The topological polar surface area (TPSA) is 76.0 Å². The van der Waals surface area contributed by atoms with E-state index in [2.05, 4.69) is 0 Å². The van der Waals surface area contributed by atoms with Crippen molar-refractivity contribution >= 4 is 6.29 Å². The highest BCUT2D eigenvalue weighted by Gasteiger charge is 2.18. The van der Waals surface area contributed by atoms with Gasteiger partial charge in [-0.15, -0.1) is 0 Å². The minimum atomic E-state index is -1.20. The molecule has 0 radical (unpaired) electrons. The average Bonchev–Trinajstić information content (AvgIpc) is 2.49. The number of benzene rings is 1. The van der Waals surface area contributed by atoms with Crippen molar-refractivity contribution in [2.75, 3.05) is 13.2 Å². The third kappa shape index (κ3) is 16.9. The van der Waals surface area contributed by atoms with Crippen LogP contribution in [0.4, 0.5) is 0 Å². The molecule has 2 N–H and O–H groups in total. The molecular weight excluding hydrogens is 296 g/mol. The molecule has 0 aliphatic heterocycles. The second kappa shape index (κ2) is 14.3. The first-order chi connectivity index (χ1) is 10.7. The molecule has 0 bridgehead atoms. The van der Waals surface area contributed by atoms with Crippen molar-refractivity contribution in [1.29, 1.82) is 0 Å². The molecule has 0 unspecified atom stereocenters. The standard InChI is InChI=1S/C7H6O.C6H14O2.C5H12O2/c8-6-7-4-2-1-3-5-7;1-4-7-6(3)8-5-2;1-5(2,3)4(6)7/h1-6H;6H,4-5H2,1-3H3;4,6-7H,1-3H3. The Bertz CT molecular complexity index is 365. The highest BCUT2D eigenvalue weighted by Crippen LogP contribution is 2.15. The number of hydrogen-bond donors (Lipinski definition) is 2. The van der Waals surface area contributed by atoms with E-state index < -0.39 is 6.29 Å². The van der Waals surface area contributed by atoms with Crippen LogP contribution in [0.25, 0.3) is 0 Å². The quantitative estimate of drug-likeness (QED) is 0.641. The van der Waals surface area contributed by atoms with Crippen LogP contribution < -0.4 is 0 Å². The minimum absolute atomic E-state index is 0.0370. The van der Waals surface area contributed by atoms with Crippen LogP contribution in [0.15, 0.2) is 30.3 Å². The van der Waals surface area contributed by atoms with E-state index in [1.807, 2.05) is 39.0 Å². The molecule has 0 aliphatic carbocycles. The zero-order valence-corrected chi connectivity index (χ0v) is 15.2. The number of ether oxygens (including phenoxy) is 2. The summed E-state index contributed by atoms with van der Waals surface area (Å²) in [6.45, 7) is 12.5. The number of aliphatic hydroxyl groups is 2.